The Balaban J connectivity index is 0.000000283. The van der Waals surface area contributed by atoms with Gasteiger partial charge in [0.1, 0.15) is 0 Å². The van der Waals surface area contributed by atoms with E-state index in [0.717, 1.165) is 28.6 Å². The molecule has 2 atom stereocenters. The largest absolute Gasteiger partial charge is 3.00 e. The Bertz CT molecular complexity index is 1870. The van der Waals surface area contributed by atoms with E-state index in [4.69, 9.17) is 4.98 Å². The maximum absolute atomic E-state index is 5.18. The minimum Gasteiger partial charge on any atom is -0.657 e. The van der Waals surface area contributed by atoms with Gasteiger partial charge in [-0.05, 0) is 17.5 Å². The van der Waals surface area contributed by atoms with Gasteiger partial charge in [0.2, 0.25) is 0 Å². The number of hydrogen-bond acceptors (Lipinski definition) is 2. The van der Waals surface area contributed by atoms with Crippen molar-refractivity contribution in [1.82, 2.24) is 4.98 Å². The van der Waals surface area contributed by atoms with Crippen LogP contribution in [0.25, 0.3) is 63.7 Å². The summed E-state index contributed by atoms with van der Waals surface area (Å²) in [5, 5.41) is 15.4. The van der Waals surface area contributed by atoms with Crippen molar-refractivity contribution in [3.05, 3.63) is 101 Å². The molecule has 0 fully saturated rings. The van der Waals surface area contributed by atoms with Gasteiger partial charge in [-0.15, -0.1) is 64.7 Å². The second-order valence-electron chi connectivity index (χ2n) is 13.6. The van der Waals surface area contributed by atoms with Crippen molar-refractivity contribution in [2.24, 2.45) is 0 Å². The fourth-order valence-corrected chi connectivity index (χ4v) is 7.45. The molecule has 2 unspecified atom stereocenters. The predicted molar refractivity (Wildman–Crippen MR) is 196 cm³/mol. The Labute approximate surface area is 287 Å². The molecule has 2 aromatic heterocycles. The number of fused-ring (bicyclic) bond motifs is 6. The summed E-state index contributed by atoms with van der Waals surface area (Å²) >= 11 is 1.83. The molecule has 0 radical (unpaired) electrons. The molecule has 0 saturated carbocycles. The molecular formula is C40H46IrN3S. The molecule has 0 amide bonds. The number of aromatic nitrogens is 1. The number of thiophene rings is 1. The van der Waals surface area contributed by atoms with Crippen LogP contribution in [0.3, 0.4) is 0 Å². The van der Waals surface area contributed by atoms with Crippen LogP contribution in [0.1, 0.15) is 74.3 Å². The van der Waals surface area contributed by atoms with Gasteiger partial charge in [0, 0.05) is 31.3 Å². The molecule has 6 aromatic rings. The monoisotopic (exact) mass is 793 g/mol. The molecule has 236 valence electrons. The number of benzene rings is 4. The summed E-state index contributed by atoms with van der Waals surface area (Å²) in [6, 6.07) is 33.5. The van der Waals surface area contributed by atoms with E-state index < -0.39 is 0 Å². The summed E-state index contributed by atoms with van der Waals surface area (Å²) in [7, 11) is 0. The van der Waals surface area contributed by atoms with Crippen molar-refractivity contribution in [3.8, 4) is 11.3 Å². The second-order valence-corrected chi connectivity index (χ2v) is 14.6. The zero-order valence-corrected chi connectivity index (χ0v) is 31.3. The van der Waals surface area contributed by atoms with Crippen LogP contribution < -0.4 is 0 Å². The molecule has 0 saturated heterocycles. The van der Waals surface area contributed by atoms with Crippen molar-refractivity contribution in [3.63, 3.8) is 0 Å². The van der Waals surface area contributed by atoms with Crippen molar-refractivity contribution in [2.75, 3.05) is 0 Å². The van der Waals surface area contributed by atoms with Crippen LogP contribution in [0.15, 0.2) is 78.9 Å². The number of rotatable bonds is 7. The van der Waals surface area contributed by atoms with Gasteiger partial charge in [0.25, 0.3) is 0 Å². The molecule has 0 spiro atoms. The van der Waals surface area contributed by atoms with Crippen molar-refractivity contribution in [2.45, 2.75) is 98.3 Å². The summed E-state index contributed by atoms with van der Waals surface area (Å²) < 4.78 is 2.54. The maximum Gasteiger partial charge on any atom is 3.00 e. The summed E-state index contributed by atoms with van der Waals surface area (Å²) in [5.41, 5.74) is 4.50. The van der Waals surface area contributed by atoms with Crippen molar-refractivity contribution < 1.29 is 20.1 Å². The first-order valence-electron chi connectivity index (χ1n) is 16.0. The summed E-state index contributed by atoms with van der Waals surface area (Å²) in [5.74, 6) is 0. The van der Waals surface area contributed by atoms with Gasteiger partial charge in [-0.1, -0.05) is 134 Å². The van der Waals surface area contributed by atoms with Crippen LogP contribution in [0.2, 0.25) is 0 Å². The maximum atomic E-state index is 5.18. The van der Waals surface area contributed by atoms with Gasteiger partial charge in [-0.3, -0.25) is 4.98 Å². The molecule has 0 aliphatic rings. The summed E-state index contributed by atoms with van der Waals surface area (Å²) in [4.78, 5) is 5.18. The Morgan fingerprint density at radius 1 is 0.733 bits per heavy atom. The Kier molecular flexibility index (Phi) is 11.6. The van der Waals surface area contributed by atoms with Crippen LogP contribution in [0, 0.1) is 6.07 Å². The number of pyridine rings is 1. The zero-order chi connectivity index (χ0) is 31.6. The van der Waals surface area contributed by atoms with Crippen LogP contribution in [-0.2, 0) is 25.5 Å². The van der Waals surface area contributed by atoms with Crippen molar-refractivity contribution in [1.29, 1.82) is 0 Å². The van der Waals surface area contributed by atoms with Crippen molar-refractivity contribution >= 4 is 53.2 Å². The Hall–Kier alpha value is -2.66. The third-order valence-electron chi connectivity index (χ3n) is 7.84. The fraction of sp³-hybridized carbons (Fsp3) is 0.375. The van der Waals surface area contributed by atoms with Gasteiger partial charge in [-0.2, -0.15) is 0 Å². The normalized spacial score (nSPS) is 13.3. The number of hydrogen-bond donors (Lipinski definition) is 0. The predicted octanol–water partition coefficient (Wildman–Crippen LogP) is 12.2. The Morgan fingerprint density at radius 3 is 1.91 bits per heavy atom. The van der Waals surface area contributed by atoms with E-state index >= 15 is 0 Å². The molecule has 45 heavy (non-hydrogen) atoms. The first-order valence-corrected chi connectivity index (χ1v) is 16.8. The third kappa shape index (κ3) is 8.20. The van der Waals surface area contributed by atoms with Crippen LogP contribution >= 0.6 is 11.3 Å². The van der Waals surface area contributed by atoms with Gasteiger partial charge in [0.15, 0.2) is 0 Å². The SMILES string of the molecule is CC(C)(C)c1cc(-c2nc3ccccc3c3c2sc2ccccc23)[c-]c2ccccc12.CC(C)[N-]C(C)CC(C)[N-]C(C)C.[Ir+3]. The molecule has 0 N–H and O–H groups in total. The van der Waals surface area contributed by atoms with Gasteiger partial charge in [-0.25, -0.2) is 0 Å². The second kappa shape index (κ2) is 14.8. The molecule has 0 aliphatic carbocycles. The quantitative estimate of drug-likeness (QED) is 0.148. The number of nitrogens with zero attached hydrogens (tertiary/aromatic N) is 3. The van der Waals surface area contributed by atoms with Gasteiger partial charge < -0.3 is 10.6 Å². The van der Waals surface area contributed by atoms with E-state index in [1.54, 1.807) is 0 Å². The first-order chi connectivity index (χ1) is 20.9. The van der Waals surface area contributed by atoms with Gasteiger partial charge in [0.05, 0.1) is 5.52 Å². The molecule has 0 bridgehead atoms. The molecule has 4 aromatic carbocycles. The van der Waals surface area contributed by atoms with E-state index in [2.05, 4.69) is 158 Å². The Morgan fingerprint density at radius 2 is 1.29 bits per heavy atom. The number of para-hydroxylation sites is 1. The molecular weight excluding hydrogens is 747 g/mol. The molecule has 6 rings (SSSR count). The third-order valence-corrected chi connectivity index (χ3v) is 9.02. The van der Waals surface area contributed by atoms with Crippen LogP contribution in [-0.4, -0.2) is 29.2 Å². The zero-order valence-electron chi connectivity index (χ0n) is 28.1. The molecule has 0 aliphatic heterocycles. The minimum absolute atomic E-state index is 0. The minimum atomic E-state index is 0. The smallest absolute Gasteiger partial charge is 0.657 e. The van der Waals surface area contributed by atoms with Crippen LogP contribution in [0.4, 0.5) is 0 Å². The molecule has 3 nitrogen and oxygen atoms in total. The van der Waals surface area contributed by atoms with Gasteiger partial charge >= 0.3 is 20.1 Å². The molecule has 2 heterocycles. The average Bonchev–Trinajstić information content (AvgIpc) is 3.35. The van der Waals surface area contributed by atoms with E-state index in [-0.39, 0.29) is 25.5 Å². The van der Waals surface area contributed by atoms with E-state index in [1.165, 1.54) is 36.5 Å². The standard InChI is InChI=1S/C29H22NS.C11H24N2.Ir/c1-29(2,3)23-17-19(16-18-10-4-5-11-20(18)23)27-28-26(21-12-6-8-14-24(21)30-27)22-13-7-9-15-25(22)31-28;1-8(2)12-10(5)7-11(6)13-9(3)4;/h4-15,17H,1-3H3;8-11H,7H2,1-6H3;/q-1;-2;+3. The average molecular weight is 793 g/mol. The summed E-state index contributed by atoms with van der Waals surface area (Å²) in [6.07, 6.45) is 1.08. The molecule has 5 heteroatoms. The van der Waals surface area contributed by atoms with Crippen LogP contribution in [0.5, 0.6) is 0 Å². The van der Waals surface area contributed by atoms with E-state index in [1.807, 2.05) is 11.3 Å². The fourth-order valence-electron chi connectivity index (χ4n) is 6.23. The topological polar surface area (TPSA) is 41.1 Å². The summed E-state index contributed by atoms with van der Waals surface area (Å²) in [6.45, 7) is 19.7. The van der Waals surface area contributed by atoms with E-state index in [0.29, 0.717) is 24.2 Å². The first kappa shape index (κ1) is 35.2. The van der Waals surface area contributed by atoms with E-state index in [9.17, 15) is 0 Å².